The predicted molar refractivity (Wildman–Crippen MR) is 103 cm³/mol. The first-order chi connectivity index (χ1) is 12.0. The topological polar surface area (TPSA) is 90.0 Å². The van der Waals surface area contributed by atoms with Gasteiger partial charge in [0.15, 0.2) is 5.16 Å². The maximum absolute atomic E-state index is 12.8. The van der Waals surface area contributed by atoms with Crippen LogP contribution in [0.2, 0.25) is 0 Å². The summed E-state index contributed by atoms with van der Waals surface area (Å²) in [7, 11) is 0. The molecule has 8 heteroatoms. The van der Waals surface area contributed by atoms with Gasteiger partial charge in [0.2, 0.25) is 5.91 Å². The molecule has 1 aromatic carbocycles. The number of nitrogen functional groups attached to an aromatic ring is 1. The number of carbonyl (C=O) groups is 1. The summed E-state index contributed by atoms with van der Waals surface area (Å²) >= 11 is 2.57. The van der Waals surface area contributed by atoms with Crippen molar-refractivity contribution in [1.82, 2.24) is 15.0 Å². The Morgan fingerprint density at radius 3 is 2.80 bits per heavy atom. The molecule has 130 valence electrons. The van der Waals surface area contributed by atoms with E-state index in [9.17, 15) is 9.59 Å². The smallest absolute Gasteiger partial charge is 0.282 e. The summed E-state index contributed by atoms with van der Waals surface area (Å²) in [4.78, 5) is 29.8. The SMILES string of the molecule is CCNC(=O)[C@@H](C)Sc1nc2scc(-c3ccccc3)c2c(=O)n1N. The lowest BCUT2D eigenvalue weighted by Crippen LogP contribution is -2.33. The van der Waals surface area contributed by atoms with E-state index in [1.165, 1.54) is 23.1 Å². The lowest BCUT2D eigenvalue weighted by Gasteiger charge is -2.12. The van der Waals surface area contributed by atoms with E-state index in [0.29, 0.717) is 21.9 Å². The van der Waals surface area contributed by atoms with Crippen molar-refractivity contribution in [2.24, 2.45) is 0 Å². The molecule has 3 N–H and O–H groups in total. The second-order valence-electron chi connectivity index (χ2n) is 5.42. The molecule has 0 aliphatic heterocycles. The standard InChI is InChI=1S/C17H18N4O2S2/c1-3-19-14(22)10(2)25-17-20-15-13(16(23)21(17)18)12(9-24-15)11-7-5-4-6-8-11/h4-10H,3,18H2,1-2H3,(H,19,22)/t10-/m1/s1. The molecule has 1 atom stereocenters. The van der Waals surface area contributed by atoms with E-state index in [-0.39, 0.29) is 11.5 Å². The van der Waals surface area contributed by atoms with Crippen molar-refractivity contribution in [1.29, 1.82) is 0 Å². The zero-order valence-electron chi connectivity index (χ0n) is 13.9. The van der Waals surface area contributed by atoms with Crippen LogP contribution in [0.25, 0.3) is 21.3 Å². The summed E-state index contributed by atoms with van der Waals surface area (Å²) in [6, 6.07) is 9.66. The molecule has 0 saturated heterocycles. The Morgan fingerprint density at radius 1 is 1.40 bits per heavy atom. The van der Waals surface area contributed by atoms with E-state index in [1.807, 2.05) is 42.6 Å². The van der Waals surface area contributed by atoms with Crippen molar-refractivity contribution in [3.8, 4) is 11.1 Å². The minimum Gasteiger partial charge on any atom is -0.355 e. The average molecular weight is 374 g/mol. The molecule has 2 heterocycles. The third-order valence-electron chi connectivity index (χ3n) is 3.69. The minimum atomic E-state index is -0.396. The Hall–Kier alpha value is -2.32. The fraction of sp³-hybridized carbons (Fsp3) is 0.235. The molecule has 0 spiro atoms. The summed E-state index contributed by atoms with van der Waals surface area (Å²) in [6.45, 7) is 4.17. The Bertz CT molecular complexity index is 966. The molecular formula is C17H18N4O2S2. The quantitative estimate of drug-likeness (QED) is 0.407. The number of hydrogen-bond donors (Lipinski definition) is 2. The molecule has 3 rings (SSSR count). The van der Waals surface area contributed by atoms with Crippen molar-refractivity contribution in [2.45, 2.75) is 24.3 Å². The highest BCUT2D eigenvalue weighted by molar-refractivity contribution is 8.00. The lowest BCUT2D eigenvalue weighted by molar-refractivity contribution is -0.120. The predicted octanol–water partition coefficient (Wildman–Crippen LogP) is 2.46. The molecular weight excluding hydrogens is 356 g/mol. The van der Waals surface area contributed by atoms with E-state index in [0.717, 1.165) is 15.8 Å². The van der Waals surface area contributed by atoms with Crippen LogP contribution >= 0.6 is 23.1 Å². The molecule has 3 aromatic rings. The van der Waals surface area contributed by atoms with Crippen molar-refractivity contribution in [3.05, 3.63) is 46.1 Å². The number of carbonyl (C=O) groups excluding carboxylic acids is 1. The average Bonchev–Trinajstić information content (AvgIpc) is 3.04. The van der Waals surface area contributed by atoms with E-state index in [4.69, 9.17) is 5.84 Å². The van der Waals surface area contributed by atoms with Crippen molar-refractivity contribution in [2.75, 3.05) is 12.4 Å². The molecule has 25 heavy (non-hydrogen) atoms. The Morgan fingerprint density at radius 2 is 2.12 bits per heavy atom. The number of aromatic nitrogens is 2. The van der Waals surface area contributed by atoms with E-state index in [1.54, 1.807) is 6.92 Å². The maximum Gasteiger partial charge on any atom is 0.282 e. The molecule has 0 radical (unpaired) electrons. The van der Waals surface area contributed by atoms with Gasteiger partial charge in [-0.25, -0.2) is 9.66 Å². The molecule has 0 aliphatic rings. The van der Waals surface area contributed by atoms with Crippen LogP contribution in [0.15, 0.2) is 45.7 Å². The van der Waals surface area contributed by atoms with Gasteiger partial charge in [-0.2, -0.15) is 0 Å². The fourth-order valence-electron chi connectivity index (χ4n) is 2.43. The Labute approximate surface area is 153 Å². The first kappa shape index (κ1) is 17.5. The number of rotatable bonds is 5. The van der Waals surface area contributed by atoms with Crippen molar-refractivity contribution in [3.63, 3.8) is 0 Å². The van der Waals surface area contributed by atoms with Crippen LogP contribution < -0.4 is 16.7 Å². The number of nitrogens with one attached hydrogen (secondary N) is 1. The number of hydrogen-bond acceptors (Lipinski definition) is 6. The van der Waals surface area contributed by atoms with Gasteiger partial charge in [-0.3, -0.25) is 9.59 Å². The van der Waals surface area contributed by atoms with E-state index >= 15 is 0 Å². The second kappa shape index (κ2) is 7.28. The monoisotopic (exact) mass is 374 g/mol. The zero-order valence-corrected chi connectivity index (χ0v) is 15.5. The zero-order chi connectivity index (χ0) is 18.0. The molecule has 0 saturated carbocycles. The summed E-state index contributed by atoms with van der Waals surface area (Å²) < 4.78 is 1.03. The van der Waals surface area contributed by atoms with Gasteiger partial charge < -0.3 is 11.2 Å². The lowest BCUT2D eigenvalue weighted by atomic mass is 10.1. The number of benzene rings is 1. The molecule has 1 amide bonds. The molecule has 0 bridgehead atoms. The largest absolute Gasteiger partial charge is 0.355 e. The molecule has 0 unspecified atom stereocenters. The number of thioether (sulfide) groups is 1. The van der Waals surface area contributed by atoms with Gasteiger partial charge in [-0.1, -0.05) is 42.1 Å². The van der Waals surface area contributed by atoms with Gasteiger partial charge >= 0.3 is 0 Å². The maximum atomic E-state index is 12.8. The summed E-state index contributed by atoms with van der Waals surface area (Å²) in [6.07, 6.45) is 0. The van der Waals surface area contributed by atoms with Crippen LogP contribution in [0.1, 0.15) is 13.8 Å². The number of amides is 1. The normalized spacial score (nSPS) is 12.2. The van der Waals surface area contributed by atoms with Crippen LogP contribution in [-0.4, -0.2) is 27.4 Å². The van der Waals surface area contributed by atoms with E-state index < -0.39 is 5.25 Å². The Kier molecular flexibility index (Phi) is 5.10. The highest BCUT2D eigenvalue weighted by atomic mass is 32.2. The minimum absolute atomic E-state index is 0.113. The first-order valence-corrected chi connectivity index (χ1v) is 9.58. The van der Waals surface area contributed by atoms with Crippen LogP contribution in [0.3, 0.4) is 0 Å². The number of fused-ring (bicyclic) bond motifs is 1. The number of nitrogens with two attached hydrogens (primary N) is 1. The fourth-order valence-corrected chi connectivity index (χ4v) is 4.27. The molecule has 0 fully saturated rings. The third-order valence-corrected chi connectivity index (χ3v) is 5.63. The van der Waals surface area contributed by atoms with Crippen LogP contribution in [-0.2, 0) is 4.79 Å². The summed E-state index contributed by atoms with van der Waals surface area (Å²) in [5.41, 5.74) is 1.46. The van der Waals surface area contributed by atoms with Crippen molar-refractivity contribution >= 4 is 39.2 Å². The number of nitrogens with zero attached hydrogens (tertiary/aromatic N) is 2. The van der Waals surface area contributed by atoms with Gasteiger partial charge in [-0.05, 0) is 19.4 Å². The van der Waals surface area contributed by atoms with Gasteiger partial charge in [-0.15, -0.1) is 11.3 Å². The van der Waals surface area contributed by atoms with Crippen LogP contribution in [0.5, 0.6) is 0 Å². The first-order valence-electron chi connectivity index (χ1n) is 7.82. The van der Waals surface area contributed by atoms with Gasteiger partial charge in [0.05, 0.1) is 10.6 Å². The summed E-state index contributed by atoms with van der Waals surface area (Å²) in [5.74, 6) is 5.86. The Balaban J connectivity index is 2.03. The molecule has 0 aliphatic carbocycles. The second-order valence-corrected chi connectivity index (χ2v) is 7.59. The van der Waals surface area contributed by atoms with Gasteiger partial charge in [0.1, 0.15) is 4.83 Å². The molecule has 6 nitrogen and oxygen atoms in total. The van der Waals surface area contributed by atoms with Gasteiger partial charge in [0, 0.05) is 17.5 Å². The van der Waals surface area contributed by atoms with E-state index in [2.05, 4.69) is 10.3 Å². The van der Waals surface area contributed by atoms with Gasteiger partial charge in [0.25, 0.3) is 5.56 Å². The third kappa shape index (κ3) is 3.40. The highest BCUT2D eigenvalue weighted by Gasteiger charge is 2.20. The summed E-state index contributed by atoms with van der Waals surface area (Å²) in [5, 5.41) is 5.11. The highest BCUT2D eigenvalue weighted by Crippen LogP contribution is 2.32. The van der Waals surface area contributed by atoms with Crippen LogP contribution in [0, 0.1) is 0 Å². The van der Waals surface area contributed by atoms with Crippen LogP contribution in [0.4, 0.5) is 0 Å². The number of thiophene rings is 1. The van der Waals surface area contributed by atoms with Crippen molar-refractivity contribution < 1.29 is 4.79 Å². The molecule has 2 aromatic heterocycles.